The van der Waals surface area contributed by atoms with E-state index in [1.807, 2.05) is 0 Å². The fourth-order valence-corrected chi connectivity index (χ4v) is 1.52. The van der Waals surface area contributed by atoms with E-state index in [0.29, 0.717) is 59.5 Å². The monoisotopic (exact) mass is 293 g/mol. The summed E-state index contributed by atoms with van der Waals surface area (Å²) in [7, 11) is 0. The van der Waals surface area contributed by atoms with Gasteiger partial charge in [-0.05, 0) is 0 Å². The molecular weight excluding hydrogens is 270 g/mol. The van der Waals surface area contributed by atoms with Crippen molar-refractivity contribution in [3.8, 4) is 0 Å². The van der Waals surface area contributed by atoms with Crippen LogP contribution in [0.2, 0.25) is 0 Å². The molecule has 0 aromatic rings. The molecule has 1 amide bonds. The summed E-state index contributed by atoms with van der Waals surface area (Å²) in [5.74, 6) is 0. The lowest BCUT2D eigenvalue weighted by atomic mass is 10.3. The van der Waals surface area contributed by atoms with Gasteiger partial charge >= 0.3 is 6.09 Å². The molecule has 2 N–H and O–H groups in total. The second kappa shape index (κ2) is 11.9. The largest absolute Gasteiger partial charge is 0.465 e. The maximum atomic E-state index is 10.5. The van der Waals surface area contributed by atoms with Crippen molar-refractivity contribution >= 4 is 6.09 Å². The number of hydrogen-bond donors (Lipinski definition) is 2. The predicted molar refractivity (Wildman–Crippen MR) is 69.0 cm³/mol. The SMILES string of the molecule is O=C(O)NCC1COCCOCCOCCOCCO1. The fraction of sp³-hybridized carbons (Fsp3) is 0.917. The van der Waals surface area contributed by atoms with Gasteiger partial charge in [0.2, 0.25) is 0 Å². The highest BCUT2D eigenvalue weighted by Crippen LogP contribution is 1.95. The second-order valence-corrected chi connectivity index (χ2v) is 4.09. The summed E-state index contributed by atoms with van der Waals surface area (Å²) in [6.45, 7) is 4.27. The summed E-state index contributed by atoms with van der Waals surface area (Å²) < 4.78 is 26.8. The molecule has 118 valence electrons. The number of nitrogens with one attached hydrogen (secondary N) is 1. The zero-order valence-corrected chi connectivity index (χ0v) is 11.5. The van der Waals surface area contributed by atoms with Gasteiger partial charge in [0, 0.05) is 6.54 Å². The molecule has 8 heteroatoms. The first-order valence-electron chi connectivity index (χ1n) is 6.68. The topological polar surface area (TPSA) is 95.5 Å². The van der Waals surface area contributed by atoms with Crippen LogP contribution in [-0.2, 0) is 23.7 Å². The minimum Gasteiger partial charge on any atom is -0.465 e. The van der Waals surface area contributed by atoms with E-state index < -0.39 is 6.09 Å². The third kappa shape index (κ3) is 9.93. The zero-order valence-electron chi connectivity index (χ0n) is 11.5. The number of hydrogen-bond acceptors (Lipinski definition) is 6. The van der Waals surface area contributed by atoms with Crippen molar-refractivity contribution in [3.63, 3.8) is 0 Å². The predicted octanol–water partition coefficient (Wildman–Crippen LogP) is -0.281. The van der Waals surface area contributed by atoms with E-state index in [2.05, 4.69) is 5.32 Å². The van der Waals surface area contributed by atoms with Gasteiger partial charge in [0.15, 0.2) is 0 Å². The van der Waals surface area contributed by atoms with Gasteiger partial charge < -0.3 is 34.1 Å². The van der Waals surface area contributed by atoms with Crippen molar-refractivity contribution in [2.24, 2.45) is 0 Å². The van der Waals surface area contributed by atoms with Gasteiger partial charge in [-0.2, -0.15) is 0 Å². The maximum absolute atomic E-state index is 10.5. The Bertz CT molecular complexity index is 236. The first-order valence-corrected chi connectivity index (χ1v) is 6.68. The van der Waals surface area contributed by atoms with Crippen molar-refractivity contribution in [1.29, 1.82) is 0 Å². The van der Waals surface area contributed by atoms with Crippen LogP contribution in [0.1, 0.15) is 0 Å². The highest BCUT2D eigenvalue weighted by atomic mass is 16.6. The normalized spacial score (nSPS) is 24.3. The van der Waals surface area contributed by atoms with E-state index in [-0.39, 0.29) is 12.6 Å². The third-order valence-electron chi connectivity index (χ3n) is 2.48. The highest BCUT2D eigenvalue weighted by molar-refractivity contribution is 5.64. The van der Waals surface area contributed by atoms with Crippen LogP contribution in [-0.4, -0.2) is 83.3 Å². The Morgan fingerprint density at radius 1 is 0.900 bits per heavy atom. The molecule has 0 aromatic heterocycles. The molecule has 0 aromatic carbocycles. The molecular formula is C12H23NO7. The van der Waals surface area contributed by atoms with E-state index in [0.717, 1.165) is 0 Å². The van der Waals surface area contributed by atoms with Crippen LogP contribution in [0.25, 0.3) is 0 Å². The van der Waals surface area contributed by atoms with Crippen LogP contribution < -0.4 is 5.32 Å². The van der Waals surface area contributed by atoms with Crippen LogP contribution in [0.15, 0.2) is 0 Å². The molecule has 8 nitrogen and oxygen atoms in total. The van der Waals surface area contributed by atoms with E-state index >= 15 is 0 Å². The van der Waals surface area contributed by atoms with Gasteiger partial charge in [-0.1, -0.05) is 0 Å². The first-order chi connectivity index (χ1) is 9.79. The van der Waals surface area contributed by atoms with Crippen LogP contribution in [0.4, 0.5) is 4.79 Å². The van der Waals surface area contributed by atoms with E-state index in [9.17, 15) is 4.79 Å². The average molecular weight is 293 g/mol. The molecule has 0 saturated carbocycles. The zero-order chi connectivity index (χ0) is 14.5. The number of rotatable bonds is 2. The van der Waals surface area contributed by atoms with E-state index in [1.54, 1.807) is 0 Å². The van der Waals surface area contributed by atoms with Crippen LogP contribution in [0.5, 0.6) is 0 Å². The lowest BCUT2D eigenvalue weighted by Crippen LogP contribution is -2.36. The fourth-order valence-electron chi connectivity index (χ4n) is 1.52. The first kappa shape index (κ1) is 17.1. The molecule has 1 atom stereocenters. The highest BCUT2D eigenvalue weighted by Gasteiger charge is 2.11. The van der Waals surface area contributed by atoms with Crippen molar-refractivity contribution in [1.82, 2.24) is 5.32 Å². The molecule has 0 aliphatic carbocycles. The summed E-state index contributed by atoms with van der Waals surface area (Å²) in [6, 6.07) is 0. The summed E-state index contributed by atoms with van der Waals surface area (Å²) in [5.41, 5.74) is 0. The van der Waals surface area contributed by atoms with Gasteiger partial charge in [-0.15, -0.1) is 0 Å². The minimum absolute atomic E-state index is 0.180. The number of carboxylic acid groups (broad SMARTS) is 1. The third-order valence-corrected chi connectivity index (χ3v) is 2.48. The van der Waals surface area contributed by atoms with Gasteiger partial charge in [-0.25, -0.2) is 4.79 Å². The maximum Gasteiger partial charge on any atom is 0.404 e. The molecule has 1 saturated heterocycles. The standard InChI is InChI=1S/C12H23NO7/c14-12(15)13-9-11-10-19-6-5-17-2-1-16-3-4-18-7-8-20-11/h11,13H,1-10H2,(H,14,15). The molecule has 1 aliphatic heterocycles. The Labute approximate surface area is 118 Å². The Morgan fingerprint density at radius 3 is 1.95 bits per heavy atom. The molecule has 20 heavy (non-hydrogen) atoms. The van der Waals surface area contributed by atoms with Gasteiger partial charge in [0.05, 0.1) is 65.6 Å². The van der Waals surface area contributed by atoms with Gasteiger partial charge in [-0.3, -0.25) is 0 Å². The van der Waals surface area contributed by atoms with E-state index in [4.69, 9.17) is 28.8 Å². The van der Waals surface area contributed by atoms with Crippen LogP contribution in [0, 0.1) is 0 Å². The van der Waals surface area contributed by atoms with Crippen molar-refractivity contribution in [2.75, 3.05) is 66.0 Å². The Balaban J connectivity index is 2.26. The van der Waals surface area contributed by atoms with E-state index in [1.165, 1.54) is 0 Å². The minimum atomic E-state index is -1.08. The molecule has 0 spiro atoms. The van der Waals surface area contributed by atoms with Gasteiger partial charge in [0.1, 0.15) is 0 Å². The Kier molecular flexibility index (Phi) is 10.2. The molecule has 1 unspecified atom stereocenters. The molecule has 1 heterocycles. The van der Waals surface area contributed by atoms with Crippen LogP contribution >= 0.6 is 0 Å². The molecule has 0 bridgehead atoms. The summed E-state index contributed by atoms with van der Waals surface area (Å²) in [5, 5.41) is 10.9. The van der Waals surface area contributed by atoms with Crippen molar-refractivity contribution < 1.29 is 33.6 Å². The summed E-state index contributed by atoms with van der Waals surface area (Å²) in [6.07, 6.45) is -1.42. The second-order valence-electron chi connectivity index (χ2n) is 4.09. The molecule has 0 radical (unpaired) electrons. The molecule has 1 fully saturated rings. The van der Waals surface area contributed by atoms with Gasteiger partial charge in [0.25, 0.3) is 0 Å². The molecule has 1 rings (SSSR count). The average Bonchev–Trinajstić information content (AvgIpc) is 2.44. The summed E-state index contributed by atoms with van der Waals surface area (Å²) in [4.78, 5) is 10.5. The number of ether oxygens (including phenoxy) is 5. The van der Waals surface area contributed by atoms with Crippen molar-refractivity contribution in [2.45, 2.75) is 6.10 Å². The number of amides is 1. The Morgan fingerprint density at radius 2 is 1.40 bits per heavy atom. The quantitative estimate of drug-likeness (QED) is 0.723. The van der Waals surface area contributed by atoms with Crippen molar-refractivity contribution in [3.05, 3.63) is 0 Å². The smallest absolute Gasteiger partial charge is 0.404 e. The summed E-state index contributed by atoms with van der Waals surface area (Å²) >= 11 is 0. The molecule has 1 aliphatic rings. The lowest BCUT2D eigenvalue weighted by molar-refractivity contribution is -0.0439. The lowest BCUT2D eigenvalue weighted by Gasteiger charge is -2.18. The Hall–Kier alpha value is -0.930. The number of carbonyl (C=O) groups is 1. The van der Waals surface area contributed by atoms with Crippen LogP contribution in [0.3, 0.4) is 0 Å².